The van der Waals surface area contributed by atoms with E-state index in [1.54, 1.807) is 13.3 Å². The molecule has 19 heavy (non-hydrogen) atoms. The maximum absolute atomic E-state index is 5.20. The van der Waals surface area contributed by atoms with E-state index in [2.05, 4.69) is 26.9 Å². The van der Waals surface area contributed by atoms with Gasteiger partial charge in [-0.25, -0.2) is 4.98 Å². The third kappa shape index (κ3) is 3.14. The highest BCUT2D eigenvalue weighted by atomic mass is 16.5. The molecule has 0 aliphatic carbocycles. The van der Waals surface area contributed by atoms with Crippen LogP contribution in [0.3, 0.4) is 0 Å². The van der Waals surface area contributed by atoms with Gasteiger partial charge in [-0.3, -0.25) is 4.68 Å². The third-order valence-corrected chi connectivity index (χ3v) is 3.09. The van der Waals surface area contributed by atoms with E-state index in [-0.39, 0.29) is 6.04 Å². The van der Waals surface area contributed by atoms with Crippen molar-refractivity contribution in [1.29, 1.82) is 0 Å². The smallest absolute Gasteiger partial charge is 0.203 e. The molecule has 0 spiro atoms. The number of methoxy groups -OCH3 is 1. The predicted octanol–water partition coefficient (Wildman–Crippen LogP) is 1.74. The number of ether oxygens (including phenoxy) is 1. The number of aromatic nitrogens is 4. The van der Waals surface area contributed by atoms with Crippen LogP contribution in [0.15, 0.2) is 18.5 Å². The van der Waals surface area contributed by atoms with Gasteiger partial charge in [0.15, 0.2) is 0 Å². The molecule has 2 aromatic heterocycles. The molecule has 0 radical (unpaired) electrons. The molecule has 0 saturated carbocycles. The van der Waals surface area contributed by atoms with Crippen molar-refractivity contribution in [2.45, 2.75) is 26.4 Å². The summed E-state index contributed by atoms with van der Waals surface area (Å²) in [6.45, 7) is 5.47. The SMILES string of the molecule is COCC(C)n1cc(C)nc1NCc1ccnn1C. The van der Waals surface area contributed by atoms with Gasteiger partial charge >= 0.3 is 0 Å². The Morgan fingerprint density at radius 3 is 2.89 bits per heavy atom. The lowest BCUT2D eigenvalue weighted by molar-refractivity contribution is 0.163. The molecule has 2 aromatic rings. The van der Waals surface area contributed by atoms with Crippen molar-refractivity contribution in [2.75, 3.05) is 19.0 Å². The zero-order chi connectivity index (χ0) is 13.8. The number of aryl methyl sites for hydroxylation is 2. The van der Waals surface area contributed by atoms with Gasteiger partial charge in [-0.15, -0.1) is 0 Å². The van der Waals surface area contributed by atoms with Gasteiger partial charge in [0.25, 0.3) is 0 Å². The number of rotatable bonds is 6. The van der Waals surface area contributed by atoms with Crippen molar-refractivity contribution >= 4 is 5.95 Å². The molecule has 1 N–H and O–H groups in total. The van der Waals surface area contributed by atoms with Gasteiger partial charge in [0, 0.05) is 26.6 Å². The second-order valence-corrected chi connectivity index (χ2v) is 4.72. The zero-order valence-electron chi connectivity index (χ0n) is 11.9. The second-order valence-electron chi connectivity index (χ2n) is 4.72. The molecule has 0 saturated heterocycles. The summed E-state index contributed by atoms with van der Waals surface area (Å²) in [5, 5.41) is 7.50. The number of hydrogen-bond acceptors (Lipinski definition) is 4. The topological polar surface area (TPSA) is 56.9 Å². The second kappa shape index (κ2) is 5.88. The van der Waals surface area contributed by atoms with Crippen LogP contribution in [0.2, 0.25) is 0 Å². The molecule has 1 atom stereocenters. The van der Waals surface area contributed by atoms with Crippen molar-refractivity contribution < 1.29 is 4.74 Å². The molecule has 0 bridgehead atoms. The summed E-state index contributed by atoms with van der Waals surface area (Å²) in [4.78, 5) is 4.51. The van der Waals surface area contributed by atoms with Crippen molar-refractivity contribution in [3.8, 4) is 0 Å². The predicted molar refractivity (Wildman–Crippen MR) is 74.1 cm³/mol. The number of nitrogens with one attached hydrogen (secondary N) is 1. The van der Waals surface area contributed by atoms with Gasteiger partial charge in [0.1, 0.15) is 0 Å². The number of nitrogens with zero attached hydrogens (tertiary/aromatic N) is 4. The summed E-state index contributed by atoms with van der Waals surface area (Å²) in [5.74, 6) is 0.864. The lowest BCUT2D eigenvalue weighted by Crippen LogP contribution is -2.15. The van der Waals surface area contributed by atoms with Crippen LogP contribution < -0.4 is 5.32 Å². The van der Waals surface area contributed by atoms with E-state index < -0.39 is 0 Å². The fourth-order valence-electron chi connectivity index (χ4n) is 2.05. The maximum Gasteiger partial charge on any atom is 0.203 e. The van der Waals surface area contributed by atoms with E-state index in [4.69, 9.17) is 4.74 Å². The van der Waals surface area contributed by atoms with Crippen LogP contribution in [-0.2, 0) is 18.3 Å². The molecule has 1 unspecified atom stereocenters. The lowest BCUT2D eigenvalue weighted by Gasteiger charge is -2.16. The minimum atomic E-state index is 0.250. The van der Waals surface area contributed by atoms with Crippen molar-refractivity contribution in [2.24, 2.45) is 7.05 Å². The largest absolute Gasteiger partial charge is 0.383 e. The summed E-state index contributed by atoms with van der Waals surface area (Å²) in [7, 11) is 3.64. The first-order chi connectivity index (χ1) is 9.11. The molecule has 0 aromatic carbocycles. The molecular weight excluding hydrogens is 242 g/mol. The third-order valence-electron chi connectivity index (χ3n) is 3.09. The highest BCUT2D eigenvalue weighted by molar-refractivity contribution is 5.30. The Bertz CT molecular complexity index is 531. The minimum absolute atomic E-state index is 0.250. The quantitative estimate of drug-likeness (QED) is 0.862. The molecule has 0 amide bonds. The van der Waals surface area contributed by atoms with E-state index in [0.29, 0.717) is 13.2 Å². The molecule has 0 aliphatic rings. The van der Waals surface area contributed by atoms with E-state index in [1.165, 1.54) is 0 Å². The fourth-order valence-corrected chi connectivity index (χ4v) is 2.05. The summed E-state index contributed by atoms with van der Waals surface area (Å²) >= 11 is 0. The lowest BCUT2D eigenvalue weighted by atomic mass is 10.3. The molecule has 2 heterocycles. The van der Waals surface area contributed by atoms with Gasteiger partial charge in [-0.1, -0.05) is 0 Å². The van der Waals surface area contributed by atoms with Crippen LogP contribution in [0.1, 0.15) is 24.4 Å². The first kappa shape index (κ1) is 13.6. The maximum atomic E-state index is 5.20. The summed E-state index contributed by atoms with van der Waals surface area (Å²) in [5.41, 5.74) is 2.11. The molecule has 0 fully saturated rings. The van der Waals surface area contributed by atoms with Crippen molar-refractivity contribution in [3.63, 3.8) is 0 Å². The Kier molecular flexibility index (Phi) is 4.21. The Labute approximate surface area is 113 Å². The van der Waals surface area contributed by atoms with E-state index >= 15 is 0 Å². The molecule has 0 aliphatic heterocycles. The Hall–Kier alpha value is -1.82. The molecule has 6 nitrogen and oxygen atoms in total. The highest BCUT2D eigenvalue weighted by Gasteiger charge is 2.12. The first-order valence-corrected chi connectivity index (χ1v) is 6.37. The summed E-state index contributed by atoms with van der Waals surface area (Å²) in [6.07, 6.45) is 3.83. The average Bonchev–Trinajstić information content (AvgIpc) is 2.93. The summed E-state index contributed by atoms with van der Waals surface area (Å²) < 4.78 is 9.16. The van der Waals surface area contributed by atoms with Crippen LogP contribution in [0.5, 0.6) is 0 Å². The Balaban J connectivity index is 2.09. The Morgan fingerprint density at radius 1 is 1.47 bits per heavy atom. The van der Waals surface area contributed by atoms with Crippen LogP contribution in [-0.4, -0.2) is 33.0 Å². The average molecular weight is 263 g/mol. The number of imidazole rings is 1. The number of hydrogen-bond donors (Lipinski definition) is 1. The summed E-state index contributed by atoms with van der Waals surface area (Å²) in [6, 6.07) is 2.24. The van der Waals surface area contributed by atoms with Gasteiger partial charge < -0.3 is 14.6 Å². The van der Waals surface area contributed by atoms with Gasteiger partial charge in [-0.2, -0.15) is 5.10 Å². The fraction of sp³-hybridized carbons (Fsp3) is 0.538. The van der Waals surface area contributed by atoms with Crippen molar-refractivity contribution in [1.82, 2.24) is 19.3 Å². The first-order valence-electron chi connectivity index (χ1n) is 6.37. The van der Waals surface area contributed by atoms with Crippen LogP contribution >= 0.6 is 0 Å². The van der Waals surface area contributed by atoms with Gasteiger partial charge in [0.05, 0.1) is 30.6 Å². The molecular formula is C13H21N5O. The van der Waals surface area contributed by atoms with Gasteiger partial charge in [-0.05, 0) is 19.9 Å². The van der Waals surface area contributed by atoms with Crippen molar-refractivity contribution in [3.05, 3.63) is 29.8 Å². The van der Waals surface area contributed by atoms with E-state index in [1.807, 2.05) is 30.9 Å². The Morgan fingerprint density at radius 2 is 2.26 bits per heavy atom. The van der Waals surface area contributed by atoms with Crippen LogP contribution in [0.25, 0.3) is 0 Å². The number of anilines is 1. The zero-order valence-corrected chi connectivity index (χ0v) is 11.9. The van der Waals surface area contributed by atoms with E-state index in [9.17, 15) is 0 Å². The van der Waals surface area contributed by atoms with Gasteiger partial charge in [0.2, 0.25) is 5.95 Å². The molecule has 6 heteroatoms. The van der Waals surface area contributed by atoms with Crippen LogP contribution in [0.4, 0.5) is 5.95 Å². The standard InChI is InChI=1S/C13H21N5O/c1-10-8-18(11(2)9-19-4)13(16-10)14-7-12-5-6-15-17(12)3/h5-6,8,11H,7,9H2,1-4H3,(H,14,16). The normalized spacial score (nSPS) is 12.6. The minimum Gasteiger partial charge on any atom is -0.383 e. The molecule has 104 valence electrons. The highest BCUT2D eigenvalue weighted by Crippen LogP contribution is 2.16. The molecule has 2 rings (SSSR count). The van der Waals surface area contributed by atoms with E-state index in [0.717, 1.165) is 17.3 Å². The monoisotopic (exact) mass is 263 g/mol. The van der Waals surface area contributed by atoms with Crippen LogP contribution in [0, 0.1) is 6.92 Å².